The lowest BCUT2D eigenvalue weighted by atomic mass is 9.82. The lowest BCUT2D eigenvalue weighted by Gasteiger charge is -2.37. The van der Waals surface area contributed by atoms with Crippen molar-refractivity contribution in [3.63, 3.8) is 0 Å². The van der Waals surface area contributed by atoms with E-state index in [0.717, 1.165) is 24.0 Å². The maximum absolute atomic E-state index is 13.0. The number of hydrogen-bond acceptors (Lipinski definition) is 2. The molecule has 0 spiro atoms. The van der Waals surface area contributed by atoms with E-state index in [4.69, 9.17) is 0 Å². The highest BCUT2D eigenvalue weighted by Crippen LogP contribution is 2.62. The standard InChI is InChI=1S/C32H68P.C18H27O2P/c1-5-9-13-17-18-19-20-21-22-23-24-28-32-33(29-25-14-10-6-2,30-26-15-11-7-3)31-27-16-12-8-4;1-13-11-17(3,4)9-7-15(13)21(19,20)16-8-10-18(5,6)12-14(16)2/h5-32H2,1-4H3;7-10H,11-12H2,1-6H3,(H,19,20)/q+1;/p-1. The Morgan fingerprint density at radius 2 is 0.722 bits per heavy atom. The van der Waals surface area contributed by atoms with Crippen LogP contribution in [0.4, 0.5) is 0 Å². The lowest BCUT2D eigenvalue weighted by Crippen LogP contribution is -2.18. The minimum Gasteiger partial charge on any atom is -0.793 e. The molecule has 0 N–H and O–H groups in total. The molecule has 0 unspecified atom stereocenters. The molecule has 0 saturated carbocycles. The molecule has 0 heterocycles. The van der Waals surface area contributed by atoms with Gasteiger partial charge in [0.05, 0.1) is 32.0 Å². The van der Waals surface area contributed by atoms with Crippen molar-refractivity contribution in [3.05, 3.63) is 46.1 Å². The van der Waals surface area contributed by atoms with Gasteiger partial charge in [-0.25, -0.2) is 0 Å². The summed E-state index contributed by atoms with van der Waals surface area (Å²) in [7, 11) is -4.43. The summed E-state index contributed by atoms with van der Waals surface area (Å²) in [6, 6.07) is 0. The van der Waals surface area contributed by atoms with Crippen LogP contribution in [0, 0.1) is 10.8 Å². The first-order chi connectivity index (χ1) is 25.7. The van der Waals surface area contributed by atoms with Crippen LogP contribution in [0.5, 0.6) is 0 Å². The Kier molecular flexibility index (Phi) is 27.6. The summed E-state index contributed by atoms with van der Waals surface area (Å²) < 4.78 is 13.0. The molecule has 2 rings (SSSR count). The largest absolute Gasteiger partial charge is 0.793 e. The minimum absolute atomic E-state index is 0.0431. The fourth-order valence-corrected chi connectivity index (χ4v) is 15.9. The Bertz CT molecular complexity index is 1070. The predicted octanol–water partition coefficient (Wildman–Crippen LogP) is 17.6. The summed E-state index contributed by atoms with van der Waals surface area (Å²) in [4.78, 5) is 13.0. The molecule has 0 radical (unpaired) electrons. The predicted molar refractivity (Wildman–Crippen MR) is 248 cm³/mol. The normalized spacial score (nSPS) is 16.9. The van der Waals surface area contributed by atoms with Crippen LogP contribution >= 0.6 is 14.6 Å². The average molecular weight is 789 g/mol. The number of allylic oxidation sites excluding steroid dienone is 8. The molecule has 0 fully saturated rings. The molecule has 0 aliphatic heterocycles. The Morgan fingerprint density at radius 3 is 0.981 bits per heavy atom. The van der Waals surface area contributed by atoms with E-state index in [1.54, 1.807) is 62.5 Å². The third-order valence-electron chi connectivity index (χ3n) is 12.3. The Labute approximate surface area is 340 Å². The van der Waals surface area contributed by atoms with Crippen molar-refractivity contribution in [2.75, 3.05) is 24.6 Å². The molecule has 0 aromatic heterocycles. The number of unbranched alkanes of at least 4 members (excludes halogenated alkanes) is 20. The molecule has 0 bridgehead atoms. The van der Waals surface area contributed by atoms with Crippen molar-refractivity contribution in [2.24, 2.45) is 10.8 Å². The summed E-state index contributed by atoms with van der Waals surface area (Å²) in [6.45, 7) is 21.8. The Hall–Kier alpha value is -0.420. The van der Waals surface area contributed by atoms with E-state index in [9.17, 15) is 9.46 Å². The van der Waals surface area contributed by atoms with E-state index in [1.807, 2.05) is 26.0 Å². The SMILES string of the molecule is CC1=C(P(=O)([O-])C2=C(C)CC(C)(C)C=C2)C=CC(C)(C)C1.CCCCCCCCCCCCCC[P+](CCCCCC)(CCCCCC)CCCCCC. The first-order valence-electron chi connectivity index (χ1n) is 23.6. The Morgan fingerprint density at radius 1 is 0.481 bits per heavy atom. The van der Waals surface area contributed by atoms with Crippen LogP contribution in [-0.2, 0) is 4.57 Å². The van der Waals surface area contributed by atoms with Gasteiger partial charge in [-0.1, -0.05) is 194 Å². The smallest absolute Gasteiger partial charge is 0.0719 e. The zero-order chi connectivity index (χ0) is 40.4. The summed E-state index contributed by atoms with van der Waals surface area (Å²) in [5.41, 5.74) is 2.03. The van der Waals surface area contributed by atoms with Crippen molar-refractivity contribution in [2.45, 2.75) is 236 Å². The highest BCUT2D eigenvalue weighted by molar-refractivity contribution is 7.75. The van der Waals surface area contributed by atoms with E-state index >= 15 is 0 Å². The van der Waals surface area contributed by atoms with E-state index in [1.165, 1.54) is 128 Å². The maximum atomic E-state index is 13.0. The summed E-state index contributed by atoms with van der Waals surface area (Å²) in [6.07, 6.45) is 51.3. The van der Waals surface area contributed by atoms with Crippen LogP contribution in [0.3, 0.4) is 0 Å². The molecular formula is C50H94O2P2. The molecule has 316 valence electrons. The second-order valence-corrected chi connectivity index (χ2v) is 25.7. The van der Waals surface area contributed by atoms with Crippen LogP contribution in [0.25, 0.3) is 0 Å². The van der Waals surface area contributed by atoms with Gasteiger partial charge in [-0.15, -0.1) is 0 Å². The molecular weight excluding hydrogens is 694 g/mol. The number of rotatable bonds is 30. The van der Waals surface area contributed by atoms with Gasteiger partial charge in [0.15, 0.2) is 0 Å². The summed E-state index contributed by atoms with van der Waals surface area (Å²) in [5.74, 6) is 0. The van der Waals surface area contributed by atoms with E-state index in [0.29, 0.717) is 10.6 Å². The van der Waals surface area contributed by atoms with Gasteiger partial charge in [0.25, 0.3) is 0 Å². The van der Waals surface area contributed by atoms with Gasteiger partial charge in [-0.3, -0.25) is 0 Å². The monoisotopic (exact) mass is 789 g/mol. The average Bonchev–Trinajstić information content (AvgIpc) is 3.10. The van der Waals surface area contributed by atoms with Crippen molar-refractivity contribution in [1.29, 1.82) is 0 Å². The second-order valence-electron chi connectivity index (χ2n) is 19.2. The van der Waals surface area contributed by atoms with Crippen molar-refractivity contribution in [1.82, 2.24) is 0 Å². The highest BCUT2D eigenvalue weighted by Gasteiger charge is 2.35. The molecule has 2 nitrogen and oxygen atoms in total. The third-order valence-corrected chi connectivity index (χ3v) is 19.7. The van der Waals surface area contributed by atoms with Gasteiger partial charge in [0.2, 0.25) is 0 Å². The quantitative estimate of drug-likeness (QED) is 0.0537. The molecule has 2 aliphatic rings. The van der Waals surface area contributed by atoms with Crippen molar-refractivity contribution in [3.8, 4) is 0 Å². The topological polar surface area (TPSA) is 40.1 Å². The fourth-order valence-electron chi connectivity index (χ4n) is 8.97. The van der Waals surface area contributed by atoms with Crippen LogP contribution in [-0.4, -0.2) is 24.6 Å². The van der Waals surface area contributed by atoms with Crippen LogP contribution in [0.15, 0.2) is 46.1 Å². The van der Waals surface area contributed by atoms with Gasteiger partial charge < -0.3 is 9.46 Å². The molecule has 0 aromatic rings. The zero-order valence-electron chi connectivity index (χ0n) is 38.2. The number of hydrogen-bond donors (Lipinski definition) is 0. The summed E-state index contributed by atoms with van der Waals surface area (Å²) in [5, 5.41) is 1.03. The maximum Gasteiger partial charge on any atom is 0.0719 e. The van der Waals surface area contributed by atoms with Crippen LogP contribution < -0.4 is 4.89 Å². The van der Waals surface area contributed by atoms with Gasteiger partial charge in [-0.05, 0) is 88.9 Å². The molecule has 0 amide bonds. The van der Waals surface area contributed by atoms with Crippen LogP contribution in [0.1, 0.15) is 236 Å². The molecule has 54 heavy (non-hydrogen) atoms. The molecule has 0 saturated heterocycles. The molecule has 2 aliphatic carbocycles. The van der Waals surface area contributed by atoms with E-state index in [-0.39, 0.29) is 10.8 Å². The van der Waals surface area contributed by atoms with Crippen LogP contribution in [0.2, 0.25) is 0 Å². The Balaban J connectivity index is 0.000000591. The van der Waals surface area contributed by atoms with Crippen molar-refractivity contribution < 1.29 is 9.46 Å². The highest BCUT2D eigenvalue weighted by atomic mass is 31.2. The molecule has 0 aromatic carbocycles. The first-order valence-corrected chi connectivity index (χ1v) is 27.8. The van der Waals surface area contributed by atoms with Gasteiger partial charge >= 0.3 is 0 Å². The third kappa shape index (κ3) is 21.9. The van der Waals surface area contributed by atoms with Gasteiger partial charge in [-0.2, -0.15) is 0 Å². The fraction of sp³-hybridized carbons (Fsp3) is 0.840. The van der Waals surface area contributed by atoms with Gasteiger partial charge in [0, 0.05) is 17.9 Å². The van der Waals surface area contributed by atoms with E-state index < -0.39 is 14.6 Å². The van der Waals surface area contributed by atoms with Crippen molar-refractivity contribution >= 4 is 14.6 Å². The molecule has 0 atom stereocenters. The zero-order valence-corrected chi connectivity index (χ0v) is 40.0. The molecule has 4 heteroatoms. The summed E-state index contributed by atoms with van der Waals surface area (Å²) >= 11 is 0. The van der Waals surface area contributed by atoms with Gasteiger partial charge in [0.1, 0.15) is 0 Å². The minimum atomic E-state index is -3.73. The lowest BCUT2D eigenvalue weighted by molar-refractivity contribution is -0.170. The first kappa shape index (κ1) is 51.6. The second kappa shape index (κ2) is 28.9. The van der Waals surface area contributed by atoms with E-state index in [2.05, 4.69) is 55.4 Å².